The van der Waals surface area contributed by atoms with Gasteiger partial charge in [0.2, 0.25) is 0 Å². The molecule has 0 saturated carbocycles. The van der Waals surface area contributed by atoms with Gasteiger partial charge in [-0.3, -0.25) is 4.55 Å². The zero-order valence-corrected chi connectivity index (χ0v) is 20.4. The Morgan fingerprint density at radius 1 is 1.39 bits per heavy atom. The molecule has 0 saturated heterocycles. The topological polar surface area (TPSA) is 76.7 Å². The number of rotatable bonds is 13. The molecule has 31 heavy (non-hydrogen) atoms. The summed E-state index contributed by atoms with van der Waals surface area (Å²) in [4.78, 5) is 0. The van der Waals surface area contributed by atoms with Crippen LogP contribution in [-0.2, 0) is 21.0 Å². The first-order valence-electron chi connectivity index (χ1n) is 11.5. The highest BCUT2D eigenvalue weighted by molar-refractivity contribution is 7.80. The van der Waals surface area contributed by atoms with Crippen LogP contribution in [0.25, 0.3) is 0 Å². The van der Waals surface area contributed by atoms with Gasteiger partial charge < -0.3 is 4.42 Å². The molecule has 0 aliphatic heterocycles. The molecule has 6 heteroatoms. The molecule has 0 unspecified atom stereocenters. The summed E-state index contributed by atoms with van der Waals surface area (Å²) >= 11 is 0. The van der Waals surface area contributed by atoms with Crippen molar-refractivity contribution in [3.05, 3.63) is 47.5 Å². The van der Waals surface area contributed by atoms with E-state index in [-0.39, 0.29) is 12.5 Å². The number of aryl methyl sites for hydroxylation is 1. The predicted octanol–water partition coefficient (Wildman–Crippen LogP) is 6.93. The highest BCUT2D eigenvalue weighted by atomic mass is 32.3. The minimum atomic E-state index is -4.40. The summed E-state index contributed by atoms with van der Waals surface area (Å²) in [6.07, 6.45) is 17.2. The van der Waals surface area contributed by atoms with Gasteiger partial charge in [-0.25, -0.2) is 4.18 Å². The third-order valence-corrected chi connectivity index (χ3v) is 7.19. The summed E-state index contributed by atoms with van der Waals surface area (Å²) in [5, 5.41) is 0. The Morgan fingerprint density at radius 3 is 2.81 bits per heavy atom. The van der Waals surface area contributed by atoms with Gasteiger partial charge in [-0.2, -0.15) is 8.42 Å². The molecule has 0 bridgehead atoms. The van der Waals surface area contributed by atoms with Crippen molar-refractivity contribution in [2.75, 3.05) is 6.61 Å². The Labute approximate surface area is 188 Å². The predicted molar refractivity (Wildman–Crippen MR) is 125 cm³/mol. The summed E-state index contributed by atoms with van der Waals surface area (Å²) in [6, 6.07) is 1.94. The second kappa shape index (κ2) is 12.0. The maximum atomic E-state index is 11.0. The molecule has 1 aromatic heterocycles. The lowest BCUT2D eigenvalue weighted by atomic mass is 9.67. The monoisotopic (exact) mass is 452 g/mol. The number of allylic oxidation sites excluding steroid dienone is 4. The number of hydrogen-bond acceptors (Lipinski definition) is 4. The van der Waals surface area contributed by atoms with Gasteiger partial charge >= 0.3 is 10.4 Å². The van der Waals surface area contributed by atoms with Crippen LogP contribution in [-0.4, -0.2) is 19.6 Å². The van der Waals surface area contributed by atoms with Crippen molar-refractivity contribution in [3.63, 3.8) is 0 Å². The van der Waals surface area contributed by atoms with Gasteiger partial charge in [-0.15, -0.1) is 0 Å². The van der Waals surface area contributed by atoms with E-state index in [1.54, 1.807) is 12.5 Å². The first-order valence-corrected chi connectivity index (χ1v) is 12.9. The van der Waals surface area contributed by atoms with Gasteiger partial charge in [0.05, 0.1) is 19.1 Å². The van der Waals surface area contributed by atoms with Crippen molar-refractivity contribution in [3.8, 4) is 0 Å². The van der Waals surface area contributed by atoms with Crippen molar-refractivity contribution in [1.29, 1.82) is 0 Å². The lowest BCUT2D eigenvalue weighted by Crippen LogP contribution is -2.27. The Morgan fingerprint density at radius 2 is 2.16 bits per heavy atom. The summed E-state index contributed by atoms with van der Waals surface area (Å²) in [5.41, 5.74) is 4.43. The third kappa shape index (κ3) is 9.75. The lowest BCUT2D eigenvalue weighted by Gasteiger charge is -2.38. The summed E-state index contributed by atoms with van der Waals surface area (Å²) in [7, 11) is -4.40. The van der Waals surface area contributed by atoms with Crippen molar-refractivity contribution in [2.45, 2.75) is 85.5 Å². The first kappa shape index (κ1) is 25.9. The largest absolute Gasteiger partial charge is 0.472 e. The SMILES string of the molecule is CC1=CCCC(C)(C)[C@@H]1CC/C(C)=C/CC[C@H](CCCc1ccoc1)COS(=O)(=O)O. The molecule has 176 valence electrons. The van der Waals surface area contributed by atoms with Crippen molar-refractivity contribution in [2.24, 2.45) is 17.3 Å². The molecule has 0 aromatic carbocycles. The average Bonchev–Trinajstić information content (AvgIpc) is 3.17. The smallest absolute Gasteiger partial charge is 0.397 e. The van der Waals surface area contributed by atoms with Crippen LogP contribution < -0.4 is 0 Å². The summed E-state index contributed by atoms with van der Waals surface area (Å²) < 4.78 is 40.7. The van der Waals surface area contributed by atoms with Crippen LogP contribution in [0.1, 0.15) is 84.6 Å². The van der Waals surface area contributed by atoms with Crippen molar-refractivity contribution >= 4 is 10.4 Å². The molecule has 1 aliphatic rings. The molecule has 1 heterocycles. The fraction of sp³-hybridized carbons (Fsp3) is 0.680. The lowest BCUT2D eigenvalue weighted by molar-refractivity contribution is 0.203. The Bertz CT molecular complexity index is 818. The summed E-state index contributed by atoms with van der Waals surface area (Å²) in [6.45, 7) is 9.26. The van der Waals surface area contributed by atoms with E-state index in [2.05, 4.69) is 44.0 Å². The van der Waals surface area contributed by atoms with Crippen LogP contribution in [0.4, 0.5) is 0 Å². The van der Waals surface area contributed by atoms with Crippen LogP contribution in [0.3, 0.4) is 0 Å². The van der Waals surface area contributed by atoms with Gasteiger partial charge in [0, 0.05) is 0 Å². The van der Waals surface area contributed by atoms with E-state index in [4.69, 9.17) is 8.97 Å². The second-order valence-electron chi connectivity index (χ2n) is 9.80. The molecule has 0 radical (unpaired) electrons. The first-order chi connectivity index (χ1) is 14.6. The van der Waals surface area contributed by atoms with E-state index < -0.39 is 10.4 Å². The molecule has 5 nitrogen and oxygen atoms in total. The third-order valence-electron chi connectivity index (χ3n) is 6.75. The Balaban J connectivity index is 1.81. The number of furan rings is 1. The maximum absolute atomic E-state index is 11.0. The van der Waals surface area contributed by atoms with Crippen molar-refractivity contribution < 1.29 is 21.6 Å². The van der Waals surface area contributed by atoms with E-state index in [9.17, 15) is 8.42 Å². The molecule has 2 atom stereocenters. The molecular formula is C25H40O5S. The zero-order valence-electron chi connectivity index (χ0n) is 19.6. The second-order valence-corrected chi connectivity index (χ2v) is 10.9. The van der Waals surface area contributed by atoms with E-state index in [1.165, 1.54) is 30.4 Å². The highest BCUT2D eigenvalue weighted by Crippen LogP contribution is 2.43. The van der Waals surface area contributed by atoms with Gasteiger partial charge in [-0.1, -0.05) is 37.1 Å². The molecule has 0 spiro atoms. The molecular weight excluding hydrogens is 412 g/mol. The van der Waals surface area contributed by atoms with Crippen molar-refractivity contribution in [1.82, 2.24) is 0 Å². The highest BCUT2D eigenvalue weighted by Gasteiger charge is 2.32. The average molecular weight is 453 g/mol. The van der Waals surface area contributed by atoms with Crippen LogP contribution in [0.15, 0.2) is 46.3 Å². The van der Waals surface area contributed by atoms with Gasteiger partial charge in [0.1, 0.15) is 0 Å². The van der Waals surface area contributed by atoms with E-state index >= 15 is 0 Å². The van der Waals surface area contributed by atoms with Crippen LogP contribution in [0.5, 0.6) is 0 Å². The van der Waals surface area contributed by atoms with Gasteiger partial charge in [-0.05, 0) is 101 Å². The quantitative estimate of drug-likeness (QED) is 0.259. The molecule has 0 amide bonds. The Kier molecular flexibility index (Phi) is 10.0. The number of hydrogen-bond donors (Lipinski definition) is 1. The Hall–Kier alpha value is -1.37. The van der Waals surface area contributed by atoms with Crippen LogP contribution >= 0.6 is 0 Å². The molecule has 1 aliphatic carbocycles. The van der Waals surface area contributed by atoms with Gasteiger partial charge in [0.25, 0.3) is 0 Å². The fourth-order valence-electron chi connectivity index (χ4n) is 4.79. The maximum Gasteiger partial charge on any atom is 0.397 e. The molecule has 2 rings (SSSR count). The van der Waals surface area contributed by atoms with E-state index in [0.29, 0.717) is 11.3 Å². The van der Waals surface area contributed by atoms with Crippen LogP contribution in [0, 0.1) is 17.3 Å². The van der Waals surface area contributed by atoms with Crippen LogP contribution in [0.2, 0.25) is 0 Å². The minimum absolute atomic E-state index is 0.0252. The minimum Gasteiger partial charge on any atom is -0.472 e. The molecule has 1 N–H and O–H groups in total. The zero-order chi connectivity index (χ0) is 22.9. The fourth-order valence-corrected chi connectivity index (χ4v) is 5.15. The van der Waals surface area contributed by atoms with E-state index in [1.807, 2.05) is 6.07 Å². The summed E-state index contributed by atoms with van der Waals surface area (Å²) in [5.74, 6) is 0.726. The normalized spacial score (nSPS) is 20.5. The standard InChI is InChI=1S/C25H40O5S/c1-20(13-14-24-21(2)9-7-16-25(24,3)4)8-5-10-22(19-30-31(26,27)28)11-6-12-23-15-17-29-18-23/h8-9,15,17-18,22,24H,5-7,10-14,16,19H2,1-4H3,(H,26,27,28)/b20-8+/t22-,24-/m1/s1. The van der Waals surface area contributed by atoms with E-state index in [0.717, 1.165) is 44.1 Å². The van der Waals surface area contributed by atoms with Gasteiger partial charge in [0.15, 0.2) is 0 Å². The molecule has 1 aromatic rings. The molecule has 0 fully saturated rings.